The van der Waals surface area contributed by atoms with E-state index in [-0.39, 0.29) is 4.90 Å². The highest BCUT2D eigenvalue weighted by molar-refractivity contribution is 7.89. The van der Waals surface area contributed by atoms with Gasteiger partial charge in [0.05, 0.1) is 9.60 Å². The van der Waals surface area contributed by atoms with Gasteiger partial charge in [-0.2, -0.15) is 4.37 Å². The van der Waals surface area contributed by atoms with Crippen LogP contribution in [0.1, 0.15) is 12.0 Å². The SMILES string of the molecule is Cc1ccccc1-c1ccc(S(=O)(=O)NCCCNc2nsc3ccccc23)cc1. The molecule has 4 rings (SSSR count). The molecule has 0 aliphatic heterocycles. The van der Waals surface area contributed by atoms with Crippen LogP contribution < -0.4 is 10.0 Å². The first-order valence-corrected chi connectivity index (χ1v) is 12.0. The molecule has 1 aromatic heterocycles. The van der Waals surface area contributed by atoms with Crippen LogP contribution in [0.15, 0.2) is 77.7 Å². The van der Waals surface area contributed by atoms with Crippen molar-refractivity contribution in [3.05, 3.63) is 78.4 Å². The molecule has 154 valence electrons. The van der Waals surface area contributed by atoms with Gasteiger partial charge < -0.3 is 5.32 Å². The van der Waals surface area contributed by atoms with Gasteiger partial charge in [0, 0.05) is 18.5 Å². The smallest absolute Gasteiger partial charge is 0.240 e. The summed E-state index contributed by atoms with van der Waals surface area (Å²) in [5.74, 6) is 0.852. The number of nitrogens with one attached hydrogen (secondary N) is 2. The van der Waals surface area contributed by atoms with Gasteiger partial charge >= 0.3 is 0 Å². The largest absolute Gasteiger partial charge is 0.369 e. The number of rotatable bonds is 8. The lowest BCUT2D eigenvalue weighted by molar-refractivity contribution is 0.580. The van der Waals surface area contributed by atoms with Crippen LogP contribution in [0.5, 0.6) is 0 Å². The zero-order chi connectivity index (χ0) is 21.0. The highest BCUT2D eigenvalue weighted by Crippen LogP contribution is 2.26. The fourth-order valence-corrected chi connectivity index (χ4v) is 5.14. The van der Waals surface area contributed by atoms with E-state index >= 15 is 0 Å². The molecule has 4 aromatic rings. The van der Waals surface area contributed by atoms with Crippen molar-refractivity contribution in [2.75, 3.05) is 18.4 Å². The average Bonchev–Trinajstić information content (AvgIpc) is 3.17. The third-order valence-corrected chi connectivity index (χ3v) is 7.24. The maximum atomic E-state index is 12.6. The molecule has 0 saturated heterocycles. The van der Waals surface area contributed by atoms with Gasteiger partial charge in [0.2, 0.25) is 10.0 Å². The van der Waals surface area contributed by atoms with Crippen molar-refractivity contribution >= 4 is 37.5 Å². The lowest BCUT2D eigenvalue weighted by atomic mass is 10.0. The van der Waals surface area contributed by atoms with Gasteiger partial charge in [0.15, 0.2) is 0 Å². The van der Waals surface area contributed by atoms with Crippen molar-refractivity contribution < 1.29 is 8.42 Å². The van der Waals surface area contributed by atoms with Crippen molar-refractivity contribution in [3.8, 4) is 11.1 Å². The maximum Gasteiger partial charge on any atom is 0.240 e. The predicted molar refractivity (Wildman–Crippen MR) is 125 cm³/mol. The van der Waals surface area contributed by atoms with Gasteiger partial charge in [-0.05, 0) is 65.8 Å². The molecule has 30 heavy (non-hydrogen) atoms. The van der Waals surface area contributed by atoms with E-state index in [9.17, 15) is 8.42 Å². The second-order valence-electron chi connectivity index (χ2n) is 7.04. The first-order chi connectivity index (χ1) is 14.5. The molecular formula is C23H23N3O2S2. The summed E-state index contributed by atoms with van der Waals surface area (Å²) in [7, 11) is -3.53. The Morgan fingerprint density at radius 2 is 1.63 bits per heavy atom. The highest BCUT2D eigenvalue weighted by Gasteiger charge is 2.13. The minimum Gasteiger partial charge on any atom is -0.369 e. The van der Waals surface area contributed by atoms with E-state index in [0.29, 0.717) is 19.5 Å². The second kappa shape index (κ2) is 8.95. The molecule has 1 heterocycles. The Labute approximate surface area is 181 Å². The first kappa shape index (κ1) is 20.5. The van der Waals surface area contributed by atoms with Crippen LogP contribution in [0, 0.1) is 6.92 Å². The van der Waals surface area contributed by atoms with Gasteiger partial charge in [-0.25, -0.2) is 13.1 Å². The number of aryl methyl sites for hydroxylation is 1. The Morgan fingerprint density at radius 1 is 0.900 bits per heavy atom. The van der Waals surface area contributed by atoms with Crippen molar-refractivity contribution in [2.24, 2.45) is 0 Å². The summed E-state index contributed by atoms with van der Waals surface area (Å²) in [6.45, 7) is 3.05. The van der Waals surface area contributed by atoms with E-state index in [4.69, 9.17) is 0 Å². The third kappa shape index (κ3) is 4.53. The molecule has 3 aromatic carbocycles. The number of benzene rings is 3. The molecular weight excluding hydrogens is 414 g/mol. The van der Waals surface area contributed by atoms with E-state index in [1.165, 1.54) is 11.5 Å². The van der Waals surface area contributed by atoms with Gasteiger partial charge in [0.25, 0.3) is 0 Å². The van der Waals surface area contributed by atoms with Gasteiger partial charge in [0.1, 0.15) is 5.82 Å². The average molecular weight is 438 g/mol. The standard InChI is InChI=1S/C23H23N3O2S2/c1-17-7-2-3-8-20(17)18-11-13-19(14-12-18)30(27,28)25-16-6-15-24-23-21-9-4-5-10-22(21)29-26-23/h2-5,7-14,25H,6,15-16H2,1H3,(H,24,26). The van der Waals surface area contributed by atoms with Crippen molar-refractivity contribution in [3.63, 3.8) is 0 Å². The fourth-order valence-electron chi connectivity index (χ4n) is 3.31. The number of hydrogen-bond acceptors (Lipinski definition) is 5. The summed E-state index contributed by atoms with van der Waals surface area (Å²) in [5.41, 5.74) is 3.27. The van der Waals surface area contributed by atoms with Gasteiger partial charge in [-0.3, -0.25) is 0 Å². The Hall–Kier alpha value is -2.74. The van der Waals surface area contributed by atoms with Crippen LogP contribution in [0.2, 0.25) is 0 Å². The quantitative estimate of drug-likeness (QED) is 0.378. The van der Waals surface area contributed by atoms with Crippen LogP contribution in [-0.2, 0) is 10.0 Å². The molecule has 0 amide bonds. The maximum absolute atomic E-state index is 12.6. The Bertz CT molecular complexity index is 1250. The molecule has 2 N–H and O–H groups in total. The predicted octanol–water partition coefficient (Wildman–Crippen LogP) is 5.05. The molecule has 0 saturated carbocycles. The number of aromatic nitrogens is 1. The Balaban J connectivity index is 1.31. The number of sulfonamides is 1. The Morgan fingerprint density at radius 3 is 2.43 bits per heavy atom. The van der Waals surface area contributed by atoms with E-state index in [0.717, 1.165) is 32.6 Å². The highest BCUT2D eigenvalue weighted by atomic mass is 32.2. The molecule has 0 atom stereocenters. The number of nitrogens with zero attached hydrogens (tertiary/aromatic N) is 1. The topological polar surface area (TPSA) is 71.1 Å². The van der Waals surface area contributed by atoms with Crippen molar-refractivity contribution in [2.45, 2.75) is 18.2 Å². The van der Waals surface area contributed by atoms with Crippen molar-refractivity contribution in [1.29, 1.82) is 0 Å². The molecule has 0 bridgehead atoms. The monoisotopic (exact) mass is 437 g/mol. The molecule has 0 aliphatic carbocycles. The summed E-state index contributed by atoms with van der Waals surface area (Å²) >= 11 is 1.46. The molecule has 7 heteroatoms. The molecule has 5 nitrogen and oxygen atoms in total. The summed E-state index contributed by atoms with van der Waals surface area (Å²) in [4.78, 5) is 0.276. The third-order valence-electron chi connectivity index (χ3n) is 4.94. The Kier molecular flexibility index (Phi) is 6.13. The van der Waals surface area contributed by atoms with Crippen LogP contribution >= 0.6 is 11.5 Å². The van der Waals surface area contributed by atoms with E-state index < -0.39 is 10.0 Å². The molecule has 0 spiro atoms. The van der Waals surface area contributed by atoms with E-state index in [1.54, 1.807) is 12.1 Å². The van der Waals surface area contributed by atoms with Crippen LogP contribution in [0.25, 0.3) is 21.2 Å². The van der Waals surface area contributed by atoms with Gasteiger partial charge in [-0.15, -0.1) is 0 Å². The lowest BCUT2D eigenvalue weighted by Crippen LogP contribution is -2.26. The summed E-state index contributed by atoms with van der Waals surface area (Å²) in [5, 5.41) is 4.38. The van der Waals surface area contributed by atoms with E-state index in [2.05, 4.69) is 14.4 Å². The van der Waals surface area contributed by atoms with Crippen LogP contribution in [0.4, 0.5) is 5.82 Å². The molecule has 0 unspecified atom stereocenters. The number of fused-ring (bicyclic) bond motifs is 1. The fraction of sp³-hybridized carbons (Fsp3) is 0.174. The zero-order valence-electron chi connectivity index (χ0n) is 16.6. The molecule has 0 radical (unpaired) electrons. The zero-order valence-corrected chi connectivity index (χ0v) is 18.3. The summed E-state index contributed by atoms with van der Waals surface area (Å²) < 4.78 is 33.4. The second-order valence-corrected chi connectivity index (χ2v) is 9.62. The summed E-state index contributed by atoms with van der Waals surface area (Å²) in [6, 6.07) is 23.1. The van der Waals surface area contributed by atoms with Crippen molar-refractivity contribution in [1.82, 2.24) is 9.10 Å². The number of anilines is 1. The molecule has 0 aliphatic rings. The lowest BCUT2D eigenvalue weighted by Gasteiger charge is -2.09. The summed E-state index contributed by atoms with van der Waals surface area (Å²) in [6.07, 6.45) is 0.659. The minimum atomic E-state index is -3.53. The first-order valence-electron chi connectivity index (χ1n) is 9.79. The van der Waals surface area contributed by atoms with Crippen LogP contribution in [0.3, 0.4) is 0 Å². The minimum absolute atomic E-state index is 0.276. The molecule has 0 fully saturated rings. The van der Waals surface area contributed by atoms with E-state index in [1.807, 2.05) is 67.6 Å². The van der Waals surface area contributed by atoms with Crippen LogP contribution in [-0.4, -0.2) is 25.9 Å². The number of hydrogen-bond donors (Lipinski definition) is 2. The van der Waals surface area contributed by atoms with Gasteiger partial charge in [-0.1, -0.05) is 48.5 Å². The normalized spacial score (nSPS) is 11.6.